The fourth-order valence-corrected chi connectivity index (χ4v) is 12.5. The lowest BCUT2D eigenvalue weighted by atomic mass is 9.55. The van der Waals surface area contributed by atoms with Crippen molar-refractivity contribution in [3.63, 3.8) is 0 Å². The smallest absolute Gasteiger partial charge is 0.0367 e. The predicted molar refractivity (Wildman–Crippen MR) is 210 cm³/mol. The van der Waals surface area contributed by atoms with E-state index in [9.17, 15) is 0 Å². The van der Waals surface area contributed by atoms with E-state index >= 15 is 0 Å². The summed E-state index contributed by atoms with van der Waals surface area (Å²) in [6.45, 7) is 0. The first kappa shape index (κ1) is 32.6. The molecule has 0 radical (unpaired) electrons. The first-order chi connectivity index (χ1) is 24.8. The summed E-state index contributed by atoms with van der Waals surface area (Å²) in [4.78, 5) is 2.88. The third kappa shape index (κ3) is 5.85. The molecule has 8 aliphatic carbocycles. The van der Waals surface area contributed by atoms with Gasteiger partial charge in [0.1, 0.15) is 0 Å². The molecule has 9 rings (SSSR count). The second-order valence-corrected chi connectivity index (χ2v) is 17.0. The van der Waals surface area contributed by atoms with Crippen LogP contribution in [-0.4, -0.2) is 10.9 Å². The Labute approximate surface area is 303 Å². The highest BCUT2D eigenvalue weighted by molar-refractivity contribution is 5.48. The van der Waals surface area contributed by atoms with Crippen molar-refractivity contribution in [2.75, 3.05) is 0 Å². The normalized spacial score (nSPS) is 37.7. The van der Waals surface area contributed by atoms with E-state index < -0.39 is 0 Å². The average Bonchev–Trinajstić information content (AvgIpc) is 3.51. The Morgan fingerprint density at radius 3 is 2.36 bits per heavy atom. The van der Waals surface area contributed by atoms with Crippen molar-refractivity contribution in [2.24, 2.45) is 41.4 Å². The van der Waals surface area contributed by atoms with Gasteiger partial charge in [-0.3, -0.25) is 0 Å². The van der Waals surface area contributed by atoms with Crippen LogP contribution in [0.5, 0.6) is 0 Å². The van der Waals surface area contributed by atoms with Gasteiger partial charge in [-0.1, -0.05) is 103 Å². The predicted octanol–water partition coefficient (Wildman–Crippen LogP) is 12.7. The molecule has 1 aromatic carbocycles. The zero-order valence-corrected chi connectivity index (χ0v) is 30.3. The van der Waals surface area contributed by atoms with Crippen molar-refractivity contribution >= 4 is 0 Å². The van der Waals surface area contributed by atoms with Crippen molar-refractivity contribution in [1.82, 2.24) is 4.90 Å². The average molecular weight is 662 g/mol. The molecule has 0 bridgehead atoms. The van der Waals surface area contributed by atoms with Crippen LogP contribution in [0.1, 0.15) is 108 Å². The highest BCUT2D eigenvalue weighted by Gasteiger charge is 2.61. The molecule has 0 spiro atoms. The third-order valence-electron chi connectivity index (χ3n) is 14.6. The Morgan fingerprint density at radius 2 is 1.56 bits per heavy atom. The second-order valence-electron chi connectivity index (χ2n) is 17.0. The molecule has 1 nitrogen and oxygen atoms in total. The third-order valence-corrected chi connectivity index (χ3v) is 14.6. The molecule has 1 heteroatoms. The molecule has 1 aromatic rings. The van der Waals surface area contributed by atoms with Crippen LogP contribution in [0.25, 0.3) is 0 Å². The lowest BCUT2D eigenvalue weighted by Crippen LogP contribution is -2.45. The van der Waals surface area contributed by atoms with Gasteiger partial charge in [-0.15, -0.1) is 0 Å². The maximum absolute atomic E-state index is 2.88. The van der Waals surface area contributed by atoms with Crippen LogP contribution in [0, 0.1) is 41.4 Å². The van der Waals surface area contributed by atoms with E-state index in [4.69, 9.17) is 0 Å². The highest BCUT2D eigenvalue weighted by Crippen LogP contribution is 2.65. The molecular formula is C49H59N. The topological polar surface area (TPSA) is 3.24 Å². The molecule has 0 aromatic heterocycles. The molecule has 260 valence electrons. The van der Waals surface area contributed by atoms with Gasteiger partial charge in [-0.25, -0.2) is 0 Å². The fourth-order valence-electron chi connectivity index (χ4n) is 12.5. The summed E-state index contributed by atoms with van der Waals surface area (Å²) in [7, 11) is 0. The van der Waals surface area contributed by atoms with Crippen molar-refractivity contribution < 1.29 is 0 Å². The number of nitrogens with zero attached hydrogens (tertiary/aromatic N) is 1. The quantitative estimate of drug-likeness (QED) is 0.263. The lowest BCUT2D eigenvalue weighted by molar-refractivity contribution is 0.162. The molecule has 7 unspecified atom stereocenters. The van der Waals surface area contributed by atoms with Crippen LogP contribution in [0.15, 0.2) is 138 Å². The minimum Gasteiger partial charge on any atom is -0.342 e. The van der Waals surface area contributed by atoms with E-state index in [0.29, 0.717) is 29.7 Å². The summed E-state index contributed by atoms with van der Waals surface area (Å²) in [6, 6.07) is 12.5. The molecule has 2 saturated carbocycles. The molecule has 0 amide bonds. The van der Waals surface area contributed by atoms with Gasteiger partial charge in [0.25, 0.3) is 0 Å². The van der Waals surface area contributed by atoms with E-state index in [2.05, 4.69) is 120 Å². The molecule has 0 heterocycles. The first-order valence-electron chi connectivity index (χ1n) is 20.8. The van der Waals surface area contributed by atoms with Crippen LogP contribution in [-0.2, 0) is 5.41 Å². The summed E-state index contributed by atoms with van der Waals surface area (Å²) in [6.07, 6.45) is 56.0. The van der Waals surface area contributed by atoms with E-state index in [-0.39, 0.29) is 5.41 Å². The van der Waals surface area contributed by atoms with E-state index in [1.165, 1.54) is 100 Å². The van der Waals surface area contributed by atoms with Crippen molar-refractivity contribution in [3.8, 4) is 0 Å². The number of allylic oxidation sites excluding steroid dienone is 17. The lowest BCUT2D eigenvalue weighted by Gasteiger charge is -2.49. The Morgan fingerprint density at radius 1 is 0.700 bits per heavy atom. The molecular weight excluding hydrogens is 603 g/mol. The molecule has 8 aliphatic rings. The number of hydrogen-bond donors (Lipinski definition) is 0. The maximum Gasteiger partial charge on any atom is 0.0367 e. The zero-order valence-electron chi connectivity index (χ0n) is 30.3. The van der Waals surface area contributed by atoms with Crippen LogP contribution in [0.3, 0.4) is 0 Å². The van der Waals surface area contributed by atoms with Crippen molar-refractivity contribution in [2.45, 2.75) is 114 Å². The Kier molecular flexibility index (Phi) is 9.36. The summed E-state index contributed by atoms with van der Waals surface area (Å²) in [5, 5.41) is 0. The molecule has 2 fully saturated rings. The van der Waals surface area contributed by atoms with E-state index in [1.54, 1.807) is 11.3 Å². The van der Waals surface area contributed by atoms with Gasteiger partial charge in [-0.2, -0.15) is 0 Å². The summed E-state index contributed by atoms with van der Waals surface area (Å²) >= 11 is 0. The number of benzene rings is 1. The van der Waals surface area contributed by atoms with Crippen LogP contribution < -0.4 is 0 Å². The van der Waals surface area contributed by atoms with Crippen LogP contribution in [0.2, 0.25) is 0 Å². The molecule has 50 heavy (non-hydrogen) atoms. The summed E-state index contributed by atoms with van der Waals surface area (Å²) < 4.78 is 0. The first-order valence-corrected chi connectivity index (χ1v) is 20.8. The zero-order chi connectivity index (χ0) is 33.3. The number of rotatable bonds is 7. The van der Waals surface area contributed by atoms with Crippen molar-refractivity contribution in [1.29, 1.82) is 0 Å². The largest absolute Gasteiger partial charge is 0.342 e. The van der Waals surface area contributed by atoms with Gasteiger partial charge in [0, 0.05) is 22.9 Å². The Balaban J connectivity index is 1.05. The van der Waals surface area contributed by atoms with Gasteiger partial charge < -0.3 is 4.90 Å². The molecule has 0 aliphatic heterocycles. The Bertz CT molecular complexity index is 1660. The number of fused-ring (bicyclic) bond motifs is 3. The molecule has 0 N–H and O–H groups in total. The van der Waals surface area contributed by atoms with Gasteiger partial charge in [-0.05, 0) is 173 Å². The van der Waals surface area contributed by atoms with E-state index in [1.807, 2.05) is 0 Å². The standard InChI is InChI=1S/C49H59N/c1-4-15-36(16-5-1)38-27-31-42(32-28-38)50(44-22-14-19-39(35-44)37-17-6-2-7-18-37)43-33-29-41(30-34-43)49(40-20-8-3-9-21-40)47-25-12-10-23-45(47)46-24-11-13-26-48(46)49/h2-4,6,8-10,13,15,17,19-21,23,26,29,33-36,38,41-42,45-48H,1,5,7,11-12,14,16,18,22,24-25,27-28,30-32H2. The van der Waals surface area contributed by atoms with Gasteiger partial charge in [0.05, 0.1) is 0 Å². The van der Waals surface area contributed by atoms with Gasteiger partial charge >= 0.3 is 0 Å². The van der Waals surface area contributed by atoms with Crippen LogP contribution >= 0.6 is 0 Å². The van der Waals surface area contributed by atoms with E-state index in [0.717, 1.165) is 37.0 Å². The van der Waals surface area contributed by atoms with Gasteiger partial charge in [0.15, 0.2) is 0 Å². The Hall–Kier alpha value is -3.32. The minimum absolute atomic E-state index is 0.161. The second kappa shape index (κ2) is 14.4. The molecule has 7 atom stereocenters. The SMILES string of the molecule is C1=CCCC(C2=CCCC(N(C3=CCC(C4(c5ccccc5)C5C=CCCC5C5C=CCCC54)C=C3)C3CCC(C4C=CCCC4)CC3)=C2)=C1. The number of hydrogen-bond acceptors (Lipinski definition) is 1. The summed E-state index contributed by atoms with van der Waals surface area (Å²) in [5.41, 5.74) is 7.84. The highest BCUT2D eigenvalue weighted by atomic mass is 15.2. The minimum atomic E-state index is 0.161. The summed E-state index contributed by atoms with van der Waals surface area (Å²) in [5.74, 6) is 5.03. The fraction of sp³-hybridized carbons (Fsp3) is 0.510. The van der Waals surface area contributed by atoms with Gasteiger partial charge in [0.2, 0.25) is 0 Å². The van der Waals surface area contributed by atoms with Crippen molar-refractivity contribution in [3.05, 3.63) is 143 Å². The molecule has 0 saturated heterocycles. The monoisotopic (exact) mass is 661 g/mol. The maximum atomic E-state index is 2.88. The van der Waals surface area contributed by atoms with Crippen LogP contribution in [0.4, 0.5) is 0 Å².